The molecule has 3 aromatic rings. The summed E-state index contributed by atoms with van der Waals surface area (Å²) >= 11 is 0.807. The van der Waals surface area contributed by atoms with Gasteiger partial charge in [-0.3, -0.25) is 19.3 Å². The van der Waals surface area contributed by atoms with Crippen LogP contribution in [0.25, 0.3) is 6.08 Å². The Hall–Kier alpha value is -4.30. The maximum absolute atomic E-state index is 13.1. The van der Waals surface area contributed by atoms with Gasteiger partial charge in [0.15, 0.2) is 11.5 Å². The van der Waals surface area contributed by atoms with Crippen molar-refractivity contribution in [2.45, 2.75) is 39.7 Å². The smallest absolute Gasteiger partial charge is 0.294 e. The van der Waals surface area contributed by atoms with E-state index in [4.69, 9.17) is 9.47 Å². The van der Waals surface area contributed by atoms with Crippen LogP contribution >= 0.6 is 11.8 Å². The third-order valence-electron chi connectivity index (χ3n) is 6.38. The molecule has 1 saturated heterocycles. The Labute approximate surface area is 245 Å². The van der Waals surface area contributed by atoms with E-state index in [-0.39, 0.29) is 11.4 Å². The second-order valence-electron chi connectivity index (χ2n) is 9.80. The van der Waals surface area contributed by atoms with Gasteiger partial charge in [0.05, 0.1) is 11.5 Å². The summed E-state index contributed by atoms with van der Waals surface area (Å²) in [6, 6.07) is 21.0. The third kappa shape index (κ3) is 7.67. The summed E-state index contributed by atoms with van der Waals surface area (Å²) in [6.45, 7) is 10.4. The zero-order valence-electron chi connectivity index (χ0n) is 23.5. The van der Waals surface area contributed by atoms with E-state index in [1.54, 1.807) is 18.2 Å². The number of carbonyl (C=O) groups is 3. The summed E-state index contributed by atoms with van der Waals surface area (Å²) in [5, 5.41) is 2.27. The number of carbonyl (C=O) groups excluding carboxylic acids is 3. The van der Waals surface area contributed by atoms with E-state index in [1.165, 1.54) is 0 Å². The minimum atomic E-state index is -0.516. The predicted molar refractivity (Wildman–Crippen MR) is 164 cm³/mol. The van der Waals surface area contributed by atoms with Crippen molar-refractivity contribution in [3.8, 4) is 11.5 Å². The lowest BCUT2D eigenvalue weighted by molar-refractivity contribution is -0.127. The molecule has 41 heavy (non-hydrogen) atoms. The summed E-state index contributed by atoms with van der Waals surface area (Å²) in [6.07, 6.45) is 3.93. The summed E-state index contributed by atoms with van der Waals surface area (Å²) in [7, 11) is 0. The van der Waals surface area contributed by atoms with Crippen molar-refractivity contribution in [2.75, 3.05) is 18.5 Å². The second kappa shape index (κ2) is 13.9. The lowest BCUT2D eigenvalue weighted by atomic mass is 10.0. The average molecular weight is 571 g/mol. The first-order valence-electron chi connectivity index (χ1n) is 13.5. The van der Waals surface area contributed by atoms with Gasteiger partial charge in [-0.25, -0.2) is 0 Å². The molecule has 3 amide bonds. The molecule has 3 aromatic carbocycles. The molecule has 0 spiro atoms. The minimum Gasteiger partial charge on any atom is -0.490 e. The lowest BCUT2D eigenvalue weighted by Gasteiger charge is -2.17. The number of amides is 3. The third-order valence-corrected chi connectivity index (χ3v) is 7.29. The van der Waals surface area contributed by atoms with E-state index in [9.17, 15) is 14.4 Å². The van der Waals surface area contributed by atoms with E-state index >= 15 is 0 Å². The number of nitrogens with zero attached hydrogens (tertiary/aromatic N) is 1. The van der Waals surface area contributed by atoms with Gasteiger partial charge in [0.1, 0.15) is 13.2 Å². The van der Waals surface area contributed by atoms with Crippen molar-refractivity contribution in [1.29, 1.82) is 0 Å². The fourth-order valence-electron chi connectivity index (χ4n) is 4.31. The van der Waals surface area contributed by atoms with E-state index in [1.807, 2.05) is 67.6 Å². The number of hydrogen-bond donors (Lipinski definition) is 1. The molecule has 0 aliphatic carbocycles. The molecular formula is C33H34N2O5S. The topological polar surface area (TPSA) is 84.9 Å². The molecule has 0 unspecified atom stereocenters. The molecule has 1 fully saturated rings. The van der Waals surface area contributed by atoms with Crippen LogP contribution in [0.5, 0.6) is 11.5 Å². The molecule has 7 nitrogen and oxygen atoms in total. The Morgan fingerprint density at radius 2 is 1.78 bits per heavy atom. The van der Waals surface area contributed by atoms with Crippen LogP contribution in [0.15, 0.2) is 84.3 Å². The van der Waals surface area contributed by atoms with Gasteiger partial charge in [0, 0.05) is 11.3 Å². The van der Waals surface area contributed by atoms with Gasteiger partial charge in [-0.1, -0.05) is 62.4 Å². The quantitative estimate of drug-likeness (QED) is 0.183. The van der Waals surface area contributed by atoms with Gasteiger partial charge in [-0.15, -0.1) is 6.58 Å². The molecule has 0 saturated carbocycles. The normalized spacial score (nSPS) is 14.0. The molecule has 0 radical (unpaired) electrons. The Morgan fingerprint density at radius 1 is 1.05 bits per heavy atom. The molecule has 0 atom stereocenters. The average Bonchev–Trinajstić information content (AvgIpc) is 3.21. The van der Waals surface area contributed by atoms with E-state index in [2.05, 4.69) is 25.7 Å². The fourth-order valence-corrected chi connectivity index (χ4v) is 5.15. The zero-order chi connectivity index (χ0) is 29.4. The summed E-state index contributed by atoms with van der Waals surface area (Å²) in [5.41, 5.74) is 4.30. The number of allylic oxidation sites excluding steroid dienone is 1. The highest BCUT2D eigenvalue weighted by Gasteiger charge is 2.36. The molecule has 1 aliphatic heterocycles. The van der Waals surface area contributed by atoms with Crippen LogP contribution in [0.4, 0.5) is 10.5 Å². The molecule has 212 valence electrons. The van der Waals surface area contributed by atoms with Crippen molar-refractivity contribution in [3.63, 3.8) is 0 Å². The number of ether oxygens (including phenoxy) is 2. The number of thioether (sulfide) groups is 1. The second-order valence-corrected chi connectivity index (χ2v) is 10.8. The Bertz CT molecular complexity index is 1450. The number of nitrogens with one attached hydrogen (secondary N) is 1. The highest BCUT2D eigenvalue weighted by atomic mass is 32.2. The van der Waals surface area contributed by atoms with Crippen molar-refractivity contribution >= 4 is 40.6 Å². The van der Waals surface area contributed by atoms with Crippen molar-refractivity contribution < 1.29 is 23.9 Å². The van der Waals surface area contributed by atoms with Crippen LogP contribution < -0.4 is 14.8 Å². The van der Waals surface area contributed by atoms with E-state index in [0.29, 0.717) is 48.3 Å². The minimum absolute atomic E-state index is 0.231. The molecular weight excluding hydrogens is 536 g/mol. The number of rotatable bonds is 12. The summed E-state index contributed by atoms with van der Waals surface area (Å²) in [4.78, 5) is 39.7. The van der Waals surface area contributed by atoms with Crippen molar-refractivity contribution in [3.05, 3.63) is 107 Å². The first kappa shape index (κ1) is 29.7. The van der Waals surface area contributed by atoms with Crippen LogP contribution in [-0.2, 0) is 22.6 Å². The zero-order valence-corrected chi connectivity index (χ0v) is 24.3. The van der Waals surface area contributed by atoms with Crippen LogP contribution in [0.2, 0.25) is 0 Å². The summed E-state index contributed by atoms with van der Waals surface area (Å²) in [5.74, 6) is 0.558. The molecule has 1 N–H and O–H groups in total. The van der Waals surface area contributed by atoms with Crippen molar-refractivity contribution in [2.24, 2.45) is 0 Å². The standard InChI is InChI=1S/C33H34N2O5S/c1-5-10-26-17-24(18-28(39-6-2)31(26)40-21-23-11-8-7-9-12-23)19-29-32(37)35(33(38)41-29)20-30(36)34-27-15-13-25(14-16-27)22(3)4/h5,7-9,11-19,22H,1,6,10,20-21H2,2-4H3,(H,34,36)/b29-19-. The number of imide groups is 1. The van der Waals surface area contributed by atoms with Crippen LogP contribution in [0, 0.1) is 0 Å². The van der Waals surface area contributed by atoms with Gasteiger partial charge >= 0.3 is 0 Å². The molecule has 0 aromatic heterocycles. The number of anilines is 1. The van der Waals surface area contributed by atoms with Crippen LogP contribution in [0.1, 0.15) is 48.9 Å². The number of hydrogen-bond acceptors (Lipinski definition) is 6. The Kier molecular flexibility index (Phi) is 10.0. The largest absolute Gasteiger partial charge is 0.490 e. The Balaban J connectivity index is 1.51. The predicted octanol–water partition coefficient (Wildman–Crippen LogP) is 7.19. The van der Waals surface area contributed by atoms with Gasteiger partial charge < -0.3 is 14.8 Å². The molecule has 0 bridgehead atoms. The molecule has 1 aliphatic rings. The van der Waals surface area contributed by atoms with E-state index in [0.717, 1.165) is 33.4 Å². The molecule has 8 heteroatoms. The summed E-state index contributed by atoms with van der Waals surface area (Å²) < 4.78 is 12.1. The first-order valence-corrected chi connectivity index (χ1v) is 14.3. The van der Waals surface area contributed by atoms with Gasteiger partial charge in [-0.05, 0) is 78.1 Å². The molecule has 1 heterocycles. The Morgan fingerprint density at radius 3 is 2.44 bits per heavy atom. The highest BCUT2D eigenvalue weighted by molar-refractivity contribution is 8.18. The maximum atomic E-state index is 13.1. The van der Waals surface area contributed by atoms with Crippen molar-refractivity contribution in [1.82, 2.24) is 4.90 Å². The van der Waals surface area contributed by atoms with Gasteiger partial charge in [0.2, 0.25) is 5.91 Å². The van der Waals surface area contributed by atoms with Gasteiger partial charge in [0.25, 0.3) is 11.1 Å². The maximum Gasteiger partial charge on any atom is 0.294 e. The monoisotopic (exact) mass is 570 g/mol. The van der Waals surface area contributed by atoms with Crippen LogP contribution in [0.3, 0.4) is 0 Å². The fraction of sp³-hybridized carbons (Fsp3) is 0.242. The lowest BCUT2D eigenvalue weighted by Crippen LogP contribution is -2.36. The highest BCUT2D eigenvalue weighted by Crippen LogP contribution is 2.38. The SMILES string of the molecule is C=CCc1cc(/C=C2\SC(=O)N(CC(=O)Nc3ccc(C(C)C)cc3)C2=O)cc(OCC)c1OCc1ccccc1. The van der Waals surface area contributed by atoms with Crippen LogP contribution in [-0.4, -0.2) is 35.1 Å². The first-order chi connectivity index (χ1) is 19.8. The number of benzene rings is 3. The van der Waals surface area contributed by atoms with E-state index < -0.39 is 17.1 Å². The van der Waals surface area contributed by atoms with Gasteiger partial charge in [-0.2, -0.15) is 0 Å². The molecule has 4 rings (SSSR count).